The summed E-state index contributed by atoms with van der Waals surface area (Å²) in [5.41, 5.74) is 8.03. The molecule has 0 fully saturated rings. The van der Waals surface area contributed by atoms with E-state index in [1.165, 1.54) is 0 Å². The van der Waals surface area contributed by atoms with E-state index < -0.39 is 6.04 Å². The van der Waals surface area contributed by atoms with Gasteiger partial charge >= 0.3 is 0 Å². The Morgan fingerprint density at radius 2 is 1.95 bits per heavy atom. The summed E-state index contributed by atoms with van der Waals surface area (Å²) in [6, 6.07) is 14.5. The number of hydrogen-bond acceptors (Lipinski definition) is 4. The van der Waals surface area contributed by atoms with Gasteiger partial charge in [0.05, 0.1) is 13.2 Å². The van der Waals surface area contributed by atoms with Gasteiger partial charge in [-0.05, 0) is 42.0 Å². The van der Waals surface area contributed by atoms with Crippen LogP contribution in [0.1, 0.15) is 17.4 Å². The minimum absolute atomic E-state index is 0.399. The van der Waals surface area contributed by atoms with Crippen molar-refractivity contribution >= 4 is 11.6 Å². The maximum atomic E-state index is 6.25. The van der Waals surface area contributed by atoms with E-state index in [1.807, 2.05) is 36.4 Å². The zero-order valence-corrected chi connectivity index (χ0v) is 12.7. The molecule has 2 aromatic carbocycles. The lowest BCUT2D eigenvalue weighted by molar-refractivity contribution is 0.414. The molecule has 3 rings (SSSR count). The number of nitrogens with one attached hydrogen (secondary N) is 1. The number of hydrogen-bond donors (Lipinski definition) is 2. The van der Waals surface area contributed by atoms with Crippen molar-refractivity contribution in [3.8, 4) is 17.1 Å². The third kappa shape index (κ3) is 2.95. The van der Waals surface area contributed by atoms with Crippen LogP contribution in [0.4, 0.5) is 0 Å². The molecule has 5 nitrogen and oxygen atoms in total. The van der Waals surface area contributed by atoms with Gasteiger partial charge in [0.1, 0.15) is 11.6 Å². The third-order valence-corrected chi connectivity index (χ3v) is 3.60. The van der Waals surface area contributed by atoms with Crippen molar-refractivity contribution in [3.05, 3.63) is 64.9 Å². The Morgan fingerprint density at radius 3 is 2.68 bits per heavy atom. The summed E-state index contributed by atoms with van der Waals surface area (Å²) in [5.74, 6) is 1.94. The number of halogens is 1. The van der Waals surface area contributed by atoms with E-state index in [2.05, 4.69) is 15.2 Å². The van der Waals surface area contributed by atoms with Crippen LogP contribution in [0.15, 0.2) is 48.5 Å². The average Bonchev–Trinajstić information content (AvgIpc) is 3.05. The van der Waals surface area contributed by atoms with Crippen molar-refractivity contribution in [1.29, 1.82) is 0 Å². The topological polar surface area (TPSA) is 76.8 Å². The van der Waals surface area contributed by atoms with Crippen molar-refractivity contribution in [1.82, 2.24) is 15.2 Å². The monoisotopic (exact) mass is 314 g/mol. The molecular weight excluding hydrogens is 300 g/mol. The minimum atomic E-state index is -0.399. The first-order valence-electron chi connectivity index (χ1n) is 6.75. The lowest BCUT2D eigenvalue weighted by atomic mass is 10.1. The fraction of sp³-hybridized carbons (Fsp3) is 0.125. The van der Waals surface area contributed by atoms with E-state index in [4.69, 9.17) is 22.1 Å². The number of nitrogens with two attached hydrogens (primary N) is 1. The zero-order chi connectivity index (χ0) is 15.5. The van der Waals surface area contributed by atoms with Crippen LogP contribution in [0, 0.1) is 0 Å². The van der Waals surface area contributed by atoms with Crippen molar-refractivity contribution < 1.29 is 4.74 Å². The number of ether oxygens (including phenoxy) is 1. The molecule has 1 aromatic heterocycles. The van der Waals surface area contributed by atoms with E-state index in [1.54, 1.807) is 19.2 Å². The Kier molecular flexibility index (Phi) is 4.09. The van der Waals surface area contributed by atoms with E-state index >= 15 is 0 Å². The first-order chi connectivity index (χ1) is 10.7. The standard InChI is InChI=1S/C16H15ClN4O/c1-22-13-4-2-3-11(9-13)14(18)16-19-15(20-21-16)10-5-7-12(17)8-6-10/h2-9,14H,18H2,1H3,(H,19,20,21)/t14-/m1/s1. The number of aromatic amines is 1. The van der Waals surface area contributed by atoms with E-state index in [9.17, 15) is 0 Å². The normalized spacial score (nSPS) is 12.1. The van der Waals surface area contributed by atoms with Crippen LogP contribution >= 0.6 is 11.6 Å². The van der Waals surface area contributed by atoms with Crippen LogP contribution in [-0.4, -0.2) is 22.3 Å². The van der Waals surface area contributed by atoms with Crippen LogP contribution < -0.4 is 10.5 Å². The van der Waals surface area contributed by atoms with Crippen molar-refractivity contribution in [2.24, 2.45) is 5.73 Å². The van der Waals surface area contributed by atoms with E-state index in [0.29, 0.717) is 16.7 Å². The summed E-state index contributed by atoms with van der Waals surface area (Å²) in [6.07, 6.45) is 0. The summed E-state index contributed by atoms with van der Waals surface area (Å²) in [4.78, 5) is 4.47. The Balaban J connectivity index is 1.87. The SMILES string of the molecule is COc1cccc([C@@H](N)c2nc(-c3ccc(Cl)cc3)n[nH]2)c1. The summed E-state index contributed by atoms with van der Waals surface area (Å²) >= 11 is 5.88. The number of rotatable bonds is 4. The molecule has 0 saturated heterocycles. The maximum Gasteiger partial charge on any atom is 0.181 e. The Bertz CT molecular complexity index is 770. The van der Waals surface area contributed by atoms with Gasteiger partial charge < -0.3 is 10.5 Å². The van der Waals surface area contributed by atoms with Crippen molar-refractivity contribution in [2.45, 2.75) is 6.04 Å². The molecule has 1 heterocycles. The van der Waals surface area contributed by atoms with Gasteiger partial charge in [0.25, 0.3) is 0 Å². The number of benzene rings is 2. The molecule has 3 N–H and O–H groups in total. The zero-order valence-electron chi connectivity index (χ0n) is 12.0. The van der Waals surface area contributed by atoms with Gasteiger partial charge in [-0.3, -0.25) is 5.10 Å². The summed E-state index contributed by atoms with van der Waals surface area (Å²) in [7, 11) is 1.62. The second-order valence-electron chi connectivity index (χ2n) is 4.81. The fourth-order valence-electron chi connectivity index (χ4n) is 2.13. The first-order valence-corrected chi connectivity index (χ1v) is 7.13. The maximum absolute atomic E-state index is 6.25. The van der Waals surface area contributed by atoms with Gasteiger partial charge in [-0.1, -0.05) is 23.7 Å². The van der Waals surface area contributed by atoms with Gasteiger partial charge in [-0.25, -0.2) is 4.98 Å². The van der Waals surface area contributed by atoms with Crippen LogP contribution in [0.3, 0.4) is 0 Å². The molecule has 112 valence electrons. The second kappa shape index (κ2) is 6.17. The van der Waals surface area contributed by atoms with Crippen LogP contribution in [0.25, 0.3) is 11.4 Å². The number of nitrogens with zero attached hydrogens (tertiary/aromatic N) is 2. The second-order valence-corrected chi connectivity index (χ2v) is 5.24. The van der Waals surface area contributed by atoms with Crippen LogP contribution in [0.2, 0.25) is 5.02 Å². The smallest absolute Gasteiger partial charge is 0.181 e. The van der Waals surface area contributed by atoms with Gasteiger partial charge in [0.2, 0.25) is 0 Å². The predicted octanol–water partition coefficient (Wildman–Crippen LogP) is 3.18. The molecule has 3 aromatic rings. The Hall–Kier alpha value is -2.37. The third-order valence-electron chi connectivity index (χ3n) is 3.35. The molecule has 0 aliphatic rings. The highest BCUT2D eigenvalue weighted by molar-refractivity contribution is 6.30. The van der Waals surface area contributed by atoms with Gasteiger partial charge in [-0.15, -0.1) is 0 Å². The highest BCUT2D eigenvalue weighted by atomic mass is 35.5. The number of H-pyrrole nitrogens is 1. The summed E-state index contributed by atoms with van der Waals surface area (Å²) < 4.78 is 5.21. The summed E-state index contributed by atoms with van der Waals surface area (Å²) in [6.45, 7) is 0. The first kappa shape index (κ1) is 14.6. The molecule has 0 saturated carbocycles. The largest absolute Gasteiger partial charge is 0.497 e. The lowest BCUT2D eigenvalue weighted by Gasteiger charge is -2.09. The van der Waals surface area contributed by atoms with Gasteiger partial charge in [0, 0.05) is 10.6 Å². The van der Waals surface area contributed by atoms with Crippen molar-refractivity contribution in [3.63, 3.8) is 0 Å². The Labute approximate surface area is 133 Å². The van der Waals surface area contributed by atoms with Crippen molar-refractivity contribution in [2.75, 3.05) is 7.11 Å². The minimum Gasteiger partial charge on any atom is -0.497 e. The molecule has 0 radical (unpaired) electrons. The molecule has 0 aliphatic carbocycles. The van der Waals surface area contributed by atoms with Gasteiger partial charge in [0.15, 0.2) is 5.82 Å². The molecule has 0 unspecified atom stereocenters. The highest BCUT2D eigenvalue weighted by Gasteiger charge is 2.15. The summed E-state index contributed by atoms with van der Waals surface area (Å²) in [5, 5.41) is 7.78. The molecule has 1 atom stereocenters. The lowest BCUT2D eigenvalue weighted by Crippen LogP contribution is -2.13. The molecule has 6 heteroatoms. The van der Waals surface area contributed by atoms with E-state index in [-0.39, 0.29) is 0 Å². The van der Waals surface area contributed by atoms with Crippen LogP contribution in [-0.2, 0) is 0 Å². The number of aromatic nitrogens is 3. The number of methoxy groups -OCH3 is 1. The molecular formula is C16H15ClN4O. The molecule has 0 amide bonds. The Morgan fingerprint density at radius 1 is 1.18 bits per heavy atom. The van der Waals surface area contributed by atoms with Gasteiger partial charge in [-0.2, -0.15) is 5.10 Å². The highest BCUT2D eigenvalue weighted by Crippen LogP contribution is 2.23. The molecule has 0 bridgehead atoms. The molecule has 0 aliphatic heterocycles. The van der Waals surface area contributed by atoms with E-state index in [0.717, 1.165) is 16.9 Å². The molecule has 0 spiro atoms. The predicted molar refractivity (Wildman–Crippen MR) is 85.9 cm³/mol. The average molecular weight is 315 g/mol. The quantitative estimate of drug-likeness (QED) is 0.775. The van der Waals surface area contributed by atoms with Crippen LogP contribution in [0.5, 0.6) is 5.75 Å². The fourth-order valence-corrected chi connectivity index (χ4v) is 2.26. The molecule has 22 heavy (non-hydrogen) atoms.